The number of thiocarbonyl (C=S) groups is 1. The summed E-state index contributed by atoms with van der Waals surface area (Å²) in [7, 11) is 0. The number of carbonyl (C=O) groups excluding carboxylic acids is 1. The number of benzene rings is 2. The van der Waals surface area contributed by atoms with Crippen molar-refractivity contribution in [2.75, 3.05) is 5.32 Å². The molecule has 0 heterocycles. The molecule has 2 aromatic carbocycles. The summed E-state index contributed by atoms with van der Waals surface area (Å²) in [5.74, 6) is -0.436. The number of carbonyl (C=O) groups is 1. The molecule has 0 saturated carbocycles. The monoisotopic (exact) mass is 505 g/mol. The van der Waals surface area contributed by atoms with E-state index in [1.165, 1.54) is 6.08 Å². The third kappa shape index (κ3) is 8.07. The van der Waals surface area contributed by atoms with E-state index in [2.05, 4.69) is 31.9 Å². The molecular formula is C18H15BrCl3N3OS. The maximum Gasteiger partial charge on any atom is 0.245 e. The van der Waals surface area contributed by atoms with Crippen molar-refractivity contribution in [3.8, 4) is 0 Å². The number of hydrogen-bond acceptors (Lipinski definition) is 2. The molecule has 0 spiro atoms. The summed E-state index contributed by atoms with van der Waals surface area (Å²) in [6.45, 7) is 0. The van der Waals surface area contributed by atoms with Crippen molar-refractivity contribution in [2.45, 2.75) is 9.96 Å². The van der Waals surface area contributed by atoms with Crippen LogP contribution < -0.4 is 16.0 Å². The van der Waals surface area contributed by atoms with Gasteiger partial charge in [-0.2, -0.15) is 0 Å². The van der Waals surface area contributed by atoms with Gasteiger partial charge in [-0.3, -0.25) is 4.79 Å². The maximum absolute atomic E-state index is 12.2. The zero-order chi connectivity index (χ0) is 19.9. The number of amides is 1. The van der Waals surface area contributed by atoms with Gasteiger partial charge >= 0.3 is 0 Å². The Bertz CT molecular complexity index is 811. The number of nitrogens with one attached hydrogen (secondary N) is 3. The number of halogens is 4. The normalized spacial score (nSPS) is 12.4. The number of alkyl halides is 3. The quantitative estimate of drug-likeness (QED) is 0.224. The van der Waals surface area contributed by atoms with Gasteiger partial charge in [0.2, 0.25) is 9.70 Å². The van der Waals surface area contributed by atoms with Gasteiger partial charge in [0.1, 0.15) is 6.17 Å². The summed E-state index contributed by atoms with van der Waals surface area (Å²) in [5, 5.41) is 8.53. The van der Waals surface area contributed by atoms with Gasteiger partial charge in [0, 0.05) is 16.2 Å². The van der Waals surface area contributed by atoms with Crippen molar-refractivity contribution in [3.05, 3.63) is 70.7 Å². The summed E-state index contributed by atoms with van der Waals surface area (Å²) in [5.41, 5.74) is 1.62. The van der Waals surface area contributed by atoms with E-state index in [0.29, 0.717) is 0 Å². The van der Waals surface area contributed by atoms with E-state index in [0.717, 1.165) is 15.7 Å². The standard InChI is InChI=1S/C18H15BrCl3N3OS/c19-13-7-9-14(10-8-13)23-17(27)25-16(18(20,21)22)24-15(26)11-6-12-4-2-1-3-5-12/h1-11,16H,(H,24,26)(H2,23,25,27)/b11-6+/t16-/m0/s1. The number of anilines is 1. The van der Waals surface area contributed by atoms with Crippen LogP contribution in [0.2, 0.25) is 0 Å². The van der Waals surface area contributed by atoms with Crippen LogP contribution in [-0.4, -0.2) is 21.0 Å². The van der Waals surface area contributed by atoms with Crippen molar-refractivity contribution < 1.29 is 4.79 Å². The van der Waals surface area contributed by atoms with Gasteiger partial charge in [-0.15, -0.1) is 0 Å². The molecule has 1 amide bonds. The minimum atomic E-state index is -1.82. The Labute approximate surface area is 186 Å². The first-order chi connectivity index (χ1) is 12.7. The van der Waals surface area contributed by atoms with Crippen LogP contribution in [0.1, 0.15) is 5.56 Å². The average Bonchev–Trinajstić information content (AvgIpc) is 2.61. The third-order valence-electron chi connectivity index (χ3n) is 3.22. The summed E-state index contributed by atoms with van der Waals surface area (Å²) in [4.78, 5) is 12.2. The maximum atomic E-state index is 12.2. The van der Waals surface area contributed by atoms with Crippen molar-refractivity contribution >= 4 is 85.7 Å². The van der Waals surface area contributed by atoms with Gasteiger partial charge in [0.15, 0.2) is 5.11 Å². The van der Waals surface area contributed by atoms with Gasteiger partial charge < -0.3 is 16.0 Å². The third-order valence-corrected chi connectivity index (χ3v) is 4.62. The zero-order valence-electron chi connectivity index (χ0n) is 13.8. The second kappa shape index (κ2) is 10.3. The fourth-order valence-electron chi connectivity index (χ4n) is 1.96. The molecule has 2 aromatic rings. The fraction of sp³-hybridized carbons (Fsp3) is 0.111. The minimum Gasteiger partial charge on any atom is -0.339 e. The van der Waals surface area contributed by atoms with Gasteiger partial charge in [0.05, 0.1) is 0 Å². The Kier molecular flexibility index (Phi) is 8.38. The lowest BCUT2D eigenvalue weighted by atomic mass is 10.2. The minimum absolute atomic E-state index is 0.195. The molecule has 1 atom stereocenters. The summed E-state index contributed by atoms with van der Waals surface area (Å²) in [6, 6.07) is 16.7. The molecule has 2 rings (SSSR count). The molecule has 0 aliphatic rings. The highest BCUT2D eigenvalue weighted by atomic mass is 79.9. The Balaban J connectivity index is 1.98. The van der Waals surface area contributed by atoms with E-state index in [1.807, 2.05) is 54.6 Å². The molecule has 0 saturated heterocycles. The highest BCUT2D eigenvalue weighted by Crippen LogP contribution is 2.29. The molecule has 27 heavy (non-hydrogen) atoms. The van der Waals surface area contributed by atoms with E-state index in [1.54, 1.807) is 6.08 Å². The van der Waals surface area contributed by atoms with Crippen molar-refractivity contribution in [1.29, 1.82) is 0 Å². The summed E-state index contributed by atoms with van der Waals surface area (Å²) < 4.78 is -0.884. The van der Waals surface area contributed by atoms with Crippen molar-refractivity contribution in [1.82, 2.24) is 10.6 Å². The number of rotatable bonds is 5. The Morgan fingerprint density at radius 3 is 2.26 bits per heavy atom. The molecule has 142 valence electrons. The Hall–Kier alpha value is -1.31. The lowest BCUT2D eigenvalue weighted by molar-refractivity contribution is -0.117. The SMILES string of the molecule is O=C(/C=C/c1ccccc1)N[C@@H](NC(=S)Nc1ccc(Br)cc1)C(Cl)(Cl)Cl. The van der Waals surface area contributed by atoms with Gasteiger partial charge in [0.25, 0.3) is 0 Å². The van der Waals surface area contributed by atoms with Crippen LogP contribution in [0, 0.1) is 0 Å². The fourth-order valence-corrected chi connectivity index (χ4v) is 2.79. The lowest BCUT2D eigenvalue weighted by Crippen LogP contribution is -2.55. The van der Waals surface area contributed by atoms with E-state index < -0.39 is 15.9 Å². The predicted molar refractivity (Wildman–Crippen MR) is 121 cm³/mol. The van der Waals surface area contributed by atoms with Crippen LogP contribution >= 0.6 is 63.0 Å². The molecule has 9 heteroatoms. The smallest absolute Gasteiger partial charge is 0.245 e. The topological polar surface area (TPSA) is 53.2 Å². The first kappa shape index (κ1) is 22.0. The van der Waals surface area contributed by atoms with Crippen LogP contribution in [0.4, 0.5) is 5.69 Å². The van der Waals surface area contributed by atoms with E-state index in [-0.39, 0.29) is 5.11 Å². The molecule has 0 bridgehead atoms. The molecular weight excluding hydrogens is 493 g/mol. The molecule has 0 aliphatic carbocycles. The molecule has 0 aliphatic heterocycles. The van der Waals surface area contributed by atoms with Crippen LogP contribution in [0.15, 0.2) is 65.1 Å². The molecule has 0 unspecified atom stereocenters. The average molecular weight is 508 g/mol. The van der Waals surface area contributed by atoms with Crippen molar-refractivity contribution in [2.24, 2.45) is 0 Å². The molecule has 0 aromatic heterocycles. The van der Waals surface area contributed by atoms with Crippen molar-refractivity contribution in [3.63, 3.8) is 0 Å². The Morgan fingerprint density at radius 2 is 1.67 bits per heavy atom. The van der Waals surface area contributed by atoms with Gasteiger partial charge in [-0.1, -0.05) is 81.1 Å². The lowest BCUT2D eigenvalue weighted by Gasteiger charge is -2.27. The van der Waals surface area contributed by atoms with Crippen LogP contribution in [0.25, 0.3) is 6.08 Å². The first-order valence-corrected chi connectivity index (χ1v) is 10.0. The second-order valence-electron chi connectivity index (χ2n) is 5.33. The van der Waals surface area contributed by atoms with E-state index in [9.17, 15) is 4.79 Å². The highest BCUT2D eigenvalue weighted by molar-refractivity contribution is 9.10. The van der Waals surface area contributed by atoms with Gasteiger partial charge in [-0.05, 0) is 48.1 Å². The summed E-state index contributed by atoms with van der Waals surface area (Å²) >= 11 is 26.5. The van der Waals surface area contributed by atoms with Crippen LogP contribution in [0.5, 0.6) is 0 Å². The Morgan fingerprint density at radius 1 is 1.04 bits per heavy atom. The summed E-state index contributed by atoms with van der Waals surface area (Å²) in [6.07, 6.45) is 1.97. The highest BCUT2D eigenvalue weighted by Gasteiger charge is 2.34. The molecule has 0 radical (unpaired) electrons. The number of hydrogen-bond donors (Lipinski definition) is 3. The second-order valence-corrected chi connectivity index (χ2v) is 9.03. The van der Waals surface area contributed by atoms with Gasteiger partial charge in [-0.25, -0.2) is 0 Å². The molecule has 0 fully saturated rings. The largest absolute Gasteiger partial charge is 0.339 e. The predicted octanol–water partition coefficient (Wildman–Crippen LogP) is 5.26. The molecule has 3 N–H and O–H groups in total. The first-order valence-electron chi connectivity index (χ1n) is 7.67. The zero-order valence-corrected chi connectivity index (χ0v) is 18.4. The van der Waals surface area contributed by atoms with Crippen LogP contribution in [0.3, 0.4) is 0 Å². The van der Waals surface area contributed by atoms with E-state index in [4.69, 9.17) is 47.0 Å². The van der Waals surface area contributed by atoms with Crippen LogP contribution in [-0.2, 0) is 4.79 Å². The van der Waals surface area contributed by atoms with E-state index >= 15 is 0 Å². The molecule has 4 nitrogen and oxygen atoms in total.